The summed E-state index contributed by atoms with van der Waals surface area (Å²) >= 11 is 0.869. The third-order valence-corrected chi connectivity index (χ3v) is 5.37. The molecule has 0 aromatic carbocycles. The summed E-state index contributed by atoms with van der Waals surface area (Å²) in [5, 5.41) is 0. The molecule has 1 heterocycles. The first-order chi connectivity index (χ1) is 9.88. The van der Waals surface area contributed by atoms with Crippen LogP contribution in [0.1, 0.15) is 30.8 Å². The Morgan fingerprint density at radius 1 is 1.43 bits per heavy atom. The maximum Gasteiger partial charge on any atom is 0.358 e. The minimum atomic E-state index is -3.78. The van der Waals surface area contributed by atoms with E-state index < -0.39 is 16.0 Å². The van der Waals surface area contributed by atoms with E-state index in [1.807, 2.05) is 0 Å². The summed E-state index contributed by atoms with van der Waals surface area (Å²) in [6, 6.07) is 0. The number of ether oxygens (including phenoxy) is 2. The smallest absolute Gasteiger partial charge is 0.358 e. The van der Waals surface area contributed by atoms with Crippen LogP contribution in [0.25, 0.3) is 0 Å². The Balaban J connectivity index is 2.51. The fourth-order valence-corrected chi connectivity index (χ4v) is 3.58. The molecule has 1 aromatic rings. The van der Waals surface area contributed by atoms with Gasteiger partial charge in [0, 0.05) is 13.2 Å². The standard InChI is InChI=1S/C12H20N2O5S2/c1-9(2)4-6-19-7-5-14-21(16,17)12-10(11(15)18-3)13-8-20-12/h8-9,14H,4-7H2,1-3H3. The molecule has 0 aliphatic heterocycles. The molecule has 0 radical (unpaired) electrons. The molecule has 21 heavy (non-hydrogen) atoms. The molecule has 1 aromatic heterocycles. The van der Waals surface area contributed by atoms with Crippen LogP contribution < -0.4 is 4.72 Å². The summed E-state index contributed by atoms with van der Waals surface area (Å²) in [7, 11) is -2.61. The van der Waals surface area contributed by atoms with Gasteiger partial charge in [-0.3, -0.25) is 0 Å². The lowest BCUT2D eigenvalue weighted by Crippen LogP contribution is -2.28. The van der Waals surface area contributed by atoms with Gasteiger partial charge >= 0.3 is 5.97 Å². The van der Waals surface area contributed by atoms with Crippen LogP contribution in [-0.4, -0.2) is 46.2 Å². The molecule has 7 nitrogen and oxygen atoms in total. The summed E-state index contributed by atoms with van der Waals surface area (Å²) in [5.41, 5.74) is 1.09. The van der Waals surface area contributed by atoms with Crippen molar-refractivity contribution in [2.24, 2.45) is 5.92 Å². The predicted molar refractivity (Wildman–Crippen MR) is 78.9 cm³/mol. The Labute approximate surface area is 128 Å². The molecule has 0 bridgehead atoms. The van der Waals surface area contributed by atoms with E-state index in [9.17, 15) is 13.2 Å². The van der Waals surface area contributed by atoms with E-state index in [2.05, 4.69) is 28.3 Å². The molecule has 120 valence electrons. The van der Waals surface area contributed by atoms with Crippen molar-refractivity contribution in [2.75, 3.05) is 26.9 Å². The van der Waals surface area contributed by atoms with Gasteiger partial charge in [0.25, 0.3) is 10.0 Å². The number of carbonyl (C=O) groups is 1. The SMILES string of the molecule is COC(=O)c1ncsc1S(=O)(=O)NCCOCCC(C)C. The van der Waals surface area contributed by atoms with E-state index in [0.29, 0.717) is 12.5 Å². The van der Waals surface area contributed by atoms with Gasteiger partial charge in [0.15, 0.2) is 9.90 Å². The third kappa shape index (κ3) is 5.70. The molecule has 0 aliphatic carbocycles. The van der Waals surface area contributed by atoms with Crippen LogP contribution in [0.4, 0.5) is 0 Å². The first kappa shape index (κ1) is 18.0. The molecule has 0 amide bonds. The van der Waals surface area contributed by atoms with Crippen molar-refractivity contribution in [3.8, 4) is 0 Å². The summed E-state index contributed by atoms with van der Waals surface area (Å²) < 4.78 is 36.2. The van der Waals surface area contributed by atoms with Crippen molar-refractivity contribution < 1.29 is 22.7 Å². The Morgan fingerprint density at radius 2 is 2.14 bits per heavy atom. The van der Waals surface area contributed by atoms with Gasteiger partial charge in [0.05, 0.1) is 19.2 Å². The van der Waals surface area contributed by atoms with E-state index in [1.165, 1.54) is 12.6 Å². The van der Waals surface area contributed by atoms with E-state index in [-0.39, 0.29) is 23.1 Å². The topological polar surface area (TPSA) is 94.6 Å². The molecule has 1 rings (SSSR count). The molecule has 0 aliphatic rings. The number of hydrogen-bond acceptors (Lipinski definition) is 7. The lowest BCUT2D eigenvalue weighted by atomic mass is 10.1. The van der Waals surface area contributed by atoms with Gasteiger partial charge in [-0.15, -0.1) is 11.3 Å². The first-order valence-electron chi connectivity index (χ1n) is 6.47. The van der Waals surface area contributed by atoms with Crippen molar-refractivity contribution in [1.82, 2.24) is 9.71 Å². The number of nitrogens with one attached hydrogen (secondary N) is 1. The van der Waals surface area contributed by atoms with Crippen LogP contribution in [0.5, 0.6) is 0 Å². The minimum Gasteiger partial charge on any atom is -0.464 e. The molecule has 0 saturated heterocycles. The summed E-state index contributed by atoms with van der Waals surface area (Å²) in [6.45, 7) is 5.18. The maximum atomic E-state index is 12.1. The van der Waals surface area contributed by atoms with Crippen LogP contribution in [0.3, 0.4) is 0 Å². The first-order valence-corrected chi connectivity index (χ1v) is 8.84. The second kappa shape index (κ2) is 8.42. The van der Waals surface area contributed by atoms with Crippen molar-refractivity contribution in [1.29, 1.82) is 0 Å². The number of hydrogen-bond donors (Lipinski definition) is 1. The molecule has 9 heteroatoms. The quantitative estimate of drug-likeness (QED) is 0.539. The lowest BCUT2D eigenvalue weighted by Gasteiger charge is -2.08. The number of methoxy groups -OCH3 is 1. The average Bonchev–Trinajstić information content (AvgIpc) is 2.91. The number of nitrogens with zero attached hydrogens (tertiary/aromatic N) is 1. The van der Waals surface area contributed by atoms with E-state index in [0.717, 1.165) is 17.8 Å². The highest BCUT2D eigenvalue weighted by atomic mass is 32.2. The summed E-state index contributed by atoms with van der Waals surface area (Å²) in [5.74, 6) is -0.230. The third-order valence-electron chi connectivity index (χ3n) is 2.54. The lowest BCUT2D eigenvalue weighted by molar-refractivity contribution is 0.0590. The van der Waals surface area contributed by atoms with Crippen LogP contribution in [0.15, 0.2) is 9.72 Å². The number of aromatic nitrogens is 1. The molecule has 1 N–H and O–H groups in total. The van der Waals surface area contributed by atoms with Gasteiger partial charge in [0.2, 0.25) is 0 Å². The second-order valence-corrected chi connectivity index (χ2v) is 7.49. The molecule has 0 atom stereocenters. The van der Waals surface area contributed by atoms with E-state index in [4.69, 9.17) is 4.74 Å². The highest BCUT2D eigenvalue weighted by Gasteiger charge is 2.26. The summed E-state index contributed by atoms with van der Waals surface area (Å²) in [6.07, 6.45) is 0.925. The largest absolute Gasteiger partial charge is 0.464 e. The molecular weight excluding hydrogens is 316 g/mol. The average molecular weight is 336 g/mol. The van der Waals surface area contributed by atoms with Crippen LogP contribution in [0, 0.1) is 5.92 Å². The van der Waals surface area contributed by atoms with Crippen molar-refractivity contribution in [2.45, 2.75) is 24.5 Å². The highest BCUT2D eigenvalue weighted by Crippen LogP contribution is 2.20. The fourth-order valence-electron chi connectivity index (χ4n) is 1.39. The molecule has 0 fully saturated rings. The monoisotopic (exact) mass is 336 g/mol. The number of sulfonamides is 1. The Morgan fingerprint density at radius 3 is 2.76 bits per heavy atom. The van der Waals surface area contributed by atoms with Gasteiger partial charge in [-0.1, -0.05) is 13.8 Å². The van der Waals surface area contributed by atoms with E-state index >= 15 is 0 Å². The number of thiazole rings is 1. The zero-order valence-corrected chi connectivity index (χ0v) is 13.9. The van der Waals surface area contributed by atoms with Crippen LogP contribution in [-0.2, 0) is 19.5 Å². The highest BCUT2D eigenvalue weighted by molar-refractivity contribution is 7.91. The fraction of sp³-hybridized carbons (Fsp3) is 0.667. The Kier molecular flexibility index (Phi) is 7.23. The van der Waals surface area contributed by atoms with Gasteiger partial charge in [-0.25, -0.2) is 22.9 Å². The zero-order chi connectivity index (χ0) is 15.9. The molecule has 0 spiro atoms. The van der Waals surface area contributed by atoms with Gasteiger partial charge in [-0.2, -0.15) is 0 Å². The number of rotatable bonds is 9. The summed E-state index contributed by atoms with van der Waals surface area (Å²) in [4.78, 5) is 15.1. The predicted octanol–water partition coefficient (Wildman–Crippen LogP) is 1.27. The number of esters is 1. The Hall–Kier alpha value is -1.03. The van der Waals surface area contributed by atoms with Gasteiger partial charge < -0.3 is 9.47 Å². The number of carbonyl (C=O) groups excluding carboxylic acids is 1. The van der Waals surface area contributed by atoms with Gasteiger partial charge in [0.1, 0.15) is 0 Å². The second-order valence-electron chi connectivity index (χ2n) is 4.67. The van der Waals surface area contributed by atoms with Gasteiger partial charge in [-0.05, 0) is 12.3 Å². The zero-order valence-electron chi connectivity index (χ0n) is 12.3. The molecule has 0 saturated carbocycles. The van der Waals surface area contributed by atoms with Crippen LogP contribution >= 0.6 is 11.3 Å². The van der Waals surface area contributed by atoms with Crippen molar-refractivity contribution in [3.63, 3.8) is 0 Å². The van der Waals surface area contributed by atoms with Crippen LogP contribution in [0.2, 0.25) is 0 Å². The maximum absolute atomic E-state index is 12.1. The van der Waals surface area contributed by atoms with Crippen molar-refractivity contribution in [3.05, 3.63) is 11.2 Å². The molecular formula is C12H20N2O5S2. The Bertz CT molecular complexity index is 554. The van der Waals surface area contributed by atoms with E-state index in [1.54, 1.807) is 0 Å². The van der Waals surface area contributed by atoms with Crippen molar-refractivity contribution >= 4 is 27.3 Å². The molecule has 0 unspecified atom stereocenters. The normalized spacial score (nSPS) is 11.8. The minimum absolute atomic E-state index is 0.138.